The predicted octanol–water partition coefficient (Wildman–Crippen LogP) is 5.91. The first-order valence-corrected chi connectivity index (χ1v) is 7.31. The van der Waals surface area contributed by atoms with Crippen molar-refractivity contribution in [3.8, 4) is 0 Å². The average molecular weight is 226 g/mol. The van der Waals surface area contributed by atoms with Gasteiger partial charge in [0.15, 0.2) is 0 Å². The van der Waals surface area contributed by atoms with E-state index in [9.17, 15) is 0 Å². The first kappa shape index (κ1) is 14.8. The third kappa shape index (κ3) is 13.8. The Balaban J connectivity index is 3.14. The van der Waals surface area contributed by atoms with Gasteiger partial charge in [0, 0.05) is 0 Å². The lowest BCUT2D eigenvalue weighted by Crippen LogP contribution is -1.70. The van der Waals surface area contributed by atoms with Crippen LogP contribution >= 0.6 is 11.8 Å². The molecule has 0 amide bonds. The maximum absolute atomic E-state index is 2.29. The monoisotopic (exact) mass is 226 g/mol. The van der Waals surface area contributed by atoms with Crippen molar-refractivity contribution < 1.29 is 0 Å². The molecule has 0 aromatic carbocycles. The van der Waals surface area contributed by atoms with E-state index in [-0.39, 0.29) is 0 Å². The maximum atomic E-state index is 2.29. The Morgan fingerprint density at radius 3 is 1.60 bits per heavy atom. The topological polar surface area (TPSA) is 0 Å². The number of allylic oxidation sites excluding steroid dienone is 2. The van der Waals surface area contributed by atoms with Crippen LogP contribution in [0.2, 0.25) is 0 Å². The third-order valence-electron chi connectivity index (χ3n) is 2.30. The van der Waals surface area contributed by atoms with E-state index in [4.69, 9.17) is 0 Å². The fourth-order valence-electron chi connectivity index (χ4n) is 1.32. The van der Waals surface area contributed by atoms with E-state index >= 15 is 0 Å². The van der Waals surface area contributed by atoms with Gasteiger partial charge in [0.1, 0.15) is 0 Å². The smallest absolute Gasteiger partial charge is 0.0288 e. The predicted molar refractivity (Wildman–Crippen MR) is 74.2 cm³/mol. The molecule has 15 heavy (non-hydrogen) atoms. The quantitative estimate of drug-likeness (QED) is 0.417. The number of rotatable bonds is 10. The van der Waals surface area contributed by atoms with E-state index in [1.807, 2.05) is 11.8 Å². The van der Waals surface area contributed by atoms with Crippen molar-refractivity contribution in [1.82, 2.24) is 0 Å². The zero-order valence-corrected chi connectivity index (χ0v) is 11.2. The molecule has 0 aliphatic rings. The minimum Gasteiger partial charge on any atom is -0.107 e. The van der Waals surface area contributed by atoms with Gasteiger partial charge in [0.05, 0.1) is 0 Å². The number of hydrogen-bond donors (Lipinski definition) is 0. The van der Waals surface area contributed by atoms with Crippen LogP contribution < -0.4 is 0 Å². The van der Waals surface area contributed by atoms with Gasteiger partial charge < -0.3 is 0 Å². The Bertz CT molecular complexity index is 141. The lowest BCUT2D eigenvalue weighted by Gasteiger charge is -1.91. The molecule has 0 fully saturated rings. The van der Waals surface area contributed by atoms with Gasteiger partial charge in [-0.05, 0) is 36.5 Å². The van der Waals surface area contributed by atoms with Gasteiger partial charge in [-0.2, -0.15) is 0 Å². The molecule has 0 aromatic heterocycles. The van der Waals surface area contributed by atoms with E-state index in [0.717, 1.165) is 0 Å². The summed E-state index contributed by atoms with van der Waals surface area (Å²) < 4.78 is 0. The highest BCUT2D eigenvalue weighted by Gasteiger charge is 1.82. The van der Waals surface area contributed by atoms with Crippen molar-refractivity contribution in [2.75, 3.05) is 0 Å². The lowest BCUT2D eigenvalue weighted by molar-refractivity contribution is 0.729. The normalized spacial score (nSPS) is 11.9. The van der Waals surface area contributed by atoms with Gasteiger partial charge in [-0.1, -0.05) is 51.7 Å². The van der Waals surface area contributed by atoms with Gasteiger partial charge in [-0.3, -0.25) is 0 Å². The molecule has 0 radical (unpaired) electrons. The molecule has 0 spiro atoms. The van der Waals surface area contributed by atoms with Crippen LogP contribution in [0.15, 0.2) is 23.0 Å². The summed E-state index contributed by atoms with van der Waals surface area (Å²) in [6.07, 6.45) is 15.1. The summed E-state index contributed by atoms with van der Waals surface area (Å²) >= 11 is 1.81. The van der Waals surface area contributed by atoms with Gasteiger partial charge in [-0.15, -0.1) is 11.8 Å². The Morgan fingerprint density at radius 1 is 0.733 bits per heavy atom. The van der Waals surface area contributed by atoms with E-state index in [0.29, 0.717) is 0 Å². The molecule has 0 rings (SSSR count). The summed E-state index contributed by atoms with van der Waals surface area (Å²) in [7, 11) is 0. The number of unbranched alkanes of at least 4 members (excludes halogenated alkanes) is 6. The number of thioether (sulfide) groups is 1. The van der Waals surface area contributed by atoms with Gasteiger partial charge in [0.25, 0.3) is 0 Å². The van der Waals surface area contributed by atoms with Crippen LogP contribution in [-0.2, 0) is 0 Å². The summed E-state index contributed by atoms with van der Waals surface area (Å²) in [5.41, 5.74) is 0. The van der Waals surface area contributed by atoms with Gasteiger partial charge >= 0.3 is 0 Å². The molecule has 1 heteroatoms. The molecule has 88 valence electrons. The fourth-order valence-corrected chi connectivity index (χ4v) is 1.90. The van der Waals surface area contributed by atoms with Gasteiger partial charge in [-0.25, -0.2) is 0 Å². The van der Waals surface area contributed by atoms with Crippen molar-refractivity contribution in [3.63, 3.8) is 0 Å². The Hall–Kier alpha value is -0.170. The molecular weight excluding hydrogens is 200 g/mol. The van der Waals surface area contributed by atoms with Crippen molar-refractivity contribution in [2.24, 2.45) is 0 Å². The van der Waals surface area contributed by atoms with Crippen molar-refractivity contribution in [2.45, 2.75) is 65.2 Å². The molecule has 0 N–H and O–H groups in total. The maximum Gasteiger partial charge on any atom is -0.0288 e. The highest BCUT2D eigenvalue weighted by Crippen LogP contribution is 2.09. The minimum absolute atomic E-state index is 1.24. The van der Waals surface area contributed by atoms with Crippen molar-refractivity contribution in [3.05, 3.63) is 23.0 Å². The average Bonchev–Trinajstić information content (AvgIpc) is 2.26. The van der Waals surface area contributed by atoms with Crippen LogP contribution in [0.4, 0.5) is 0 Å². The first-order chi connectivity index (χ1) is 7.41. The largest absolute Gasteiger partial charge is 0.107 e. The molecular formula is C14H26S. The summed E-state index contributed by atoms with van der Waals surface area (Å²) in [6.45, 7) is 4.50. The van der Waals surface area contributed by atoms with Crippen molar-refractivity contribution >= 4 is 11.8 Å². The molecule has 0 heterocycles. The standard InChI is InChI=1S/C14H26S/c1-3-5-7-9-11-13-15-14-12-10-8-6-4-2/h11-14H,3-10H2,1-2H3. The highest BCUT2D eigenvalue weighted by atomic mass is 32.2. The molecule has 0 aliphatic heterocycles. The summed E-state index contributed by atoms with van der Waals surface area (Å²) in [6, 6.07) is 0. The van der Waals surface area contributed by atoms with Crippen LogP contribution in [0, 0.1) is 0 Å². The SMILES string of the molecule is CCCCCC=CSC=CCCCCC. The van der Waals surface area contributed by atoms with Crippen LogP contribution in [0.1, 0.15) is 65.2 Å². The Morgan fingerprint density at radius 2 is 1.20 bits per heavy atom. The Kier molecular flexibility index (Phi) is 13.7. The van der Waals surface area contributed by atoms with E-state index in [1.165, 1.54) is 51.4 Å². The molecule has 0 nitrogen and oxygen atoms in total. The molecule has 0 bridgehead atoms. The minimum atomic E-state index is 1.24. The molecule has 0 aromatic rings. The Labute approximate surface area is 100 Å². The second-order valence-electron chi connectivity index (χ2n) is 3.87. The molecule has 0 aliphatic carbocycles. The van der Waals surface area contributed by atoms with Crippen LogP contribution in [0.25, 0.3) is 0 Å². The zero-order valence-electron chi connectivity index (χ0n) is 10.4. The summed E-state index contributed by atoms with van der Waals surface area (Å²) in [5.74, 6) is 0. The molecule has 0 saturated carbocycles. The van der Waals surface area contributed by atoms with Crippen LogP contribution in [0.5, 0.6) is 0 Å². The second kappa shape index (κ2) is 13.8. The lowest BCUT2D eigenvalue weighted by atomic mass is 10.2. The first-order valence-electron chi connectivity index (χ1n) is 6.37. The van der Waals surface area contributed by atoms with Crippen LogP contribution in [0.3, 0.4) is 0 Å². The van der Waals surface area contributed by atoms with E-state index < -0.39 is 0 Å². The van der Waals surface area contributed by atoms with E-state index in [2.05, 4.69) is 36.8 Å². The van der Waals surface area contributed by atoms with E-state index in [1.54, 1.807) is 0 Å². The second-order valence-corrected chi connectivity index (χ2v) is 4.69. The zero-order chi connectivity index (χ0) is 11.2. The fraction of sp³-hybridized carbons (Fsp3) is 0.714. The van der Waals surface area contributed by atoms with Gasteiger partial charge in [0.2, 0.25) is 0 Å². The van der Waals surface area contributed by atoms with Crippen molar-refractivity contribution in [1.29, 1.82) is 0 Å². The summed E-state index contributed by atoms with van der Waals surface area (Å²) in [5, 5.41) is 4.43. The molecule has 0 atom stereocenters. The van der Waals surface area contributed by atoms with Crippen LogP contribution in [-0.4, -0.2) is 0 Å². The third-order valence-corrected chi connectivity index (χ3v) is 3.00. The molecule has 0 saturated heterocycles. The number of hydrogen-bond acceptors (Lipinski definition) is 1. The molecule has 0 unspecified atom stereocenters. The highest BCUT2D eigenvalue weighted by molar-refractivity contribution is 8.04. The summed E-state index contributed by atoms with van der Waals surface area (Å²) in [4.78, 5) is 0.